The highest BCUT2D eigenvalue weighted by atomic mass is 35.5. The molecule has 21 heavy (non-hydrogen) atoms. The summed E-state index contributed by atoms with van der Waals surface area (Å²) in [4.78, 5) is 12.3. The van der Waals surface area contributed by atoms with Gasteiger partial charge in [-0.1, -0.05) is 35.6 Å². The Kier molecular flexibility index (Phi) is 4.99. The Morgan fingerprint density at radius 2 is 2.05 bits per heavy atom. The van der Waals surface area contributed by atoms with Crippen molar-refractivity contribution in [1.82, 2.24) is 0 Å². The number of amides is 1. The molecule has 2 aromatic rings. The minimum Gasteiger partial charge on any atom is -0.322 e. The number of carbonyl (C=O) groups excluding carboxylic acids is 1. The van der Waals surface area contributed by atoms with E-state index in [-0.39, 0.29) is 5.91 Å². The highest BCUT2D eigenvalue weighted by molar-refractivity contribution is 6.31. The molecule has 0 fully saturated rings. The summed E-state index contributed by atoms with van der Waals surface area (Å²) in [6.45, 7) is 2.16. The van der Waals surface area contributed by atoms with Crippen molar-refractivity contribution in [3.05, 3.63) is 64.2 Å². The van der Waals surface area contributed by atoms with E-state index in [1.807, 2.05) is 13.0 Å². The van der Waals surface area contributed by atoms with Crippen LogP contribution in [0.3, 0.4) is 0 Å². The number of hydrogen-bond acceptors (Lipinski definition) is 2. The second kappa shape index (κ2) is 6.94. The first kappa shape index (κ1) is 15.1. The van der Waals surface area contributed by atoms with E-state index in [4.69, 9.17) is 17.3 Å². The molecule has 0 saturated heterocycles. The third kappa shape index (κ3) is 3.85. The molecular formula is C17H15ClN2O. The molecule has 0 saturated carbocycles. The number of halogens is 1. The minimum atomic E-state index is -0.189. The average Bonchev–Trinajstić information content (AvgIpc) is 2.46. The second-order valence-electron chi connectivity index (χ2n) is 4.45. The summed E-state index contributed by atoms with van der Waals surface area (Å²) >= 11 is 5.91. The zero-order valence-electron chi connectivity index (χ0n) is 11.6. The molecule has 0 aromatic heterocycles. The van der Waals surface area contributed by atoms with Gasteiger partial charge in [0.1, 0.15) is 0 Å². The Hall–Kier alpha value is -2.28. The first-order valence-corrected chi connectivity index (χ1v) is 6.85. The smallest absolute Gasteiger partial charge is 0.255 e. The molecule has 0 aliphatic rings. The van der Waals surface area contributed by atoms with Crippen LogP contribution in [0.1, 0.15) is 21.5 Å². The standard InChI is InChI=1S/C17H15ClN2O/c1-12-13(6-4-10-19)5-2-9-16(12)17(21)20-15-8-3-7-14(18)11-15/h2-3,5,7-9,11H,10,19H2,1H3,(H,20,21). The van der Waals surface area contributed by atoms with Crippen molar-refractivity contribution in [3.8, 4) is 11.8 Å². The quantitative estimate of drug-likeness (QED) is 0.837. The van der Waals surface area contributed by atoms with Gasteiger partial charge >= 0.3 is 0 Å². The SMILES string of the molecule is Cc1c(C#CCN)cccc1C(=O)Nc1cccc(Cl)c1. The van der Waals surface area contributed by atoms with E-state index in [0.717, 1.165) is 11.1 Å². The lowest BCUT2D eigenvalue weighted by molar-refractivity contribution is 0.102. The summed E-state index contributed by atoms with van der Waals surface area (Å²) in [6.07, 6.45) is 0. The summed E-state index contributed by atoms with van der Waals surface area (Å²) in [6, 6.07) is 12.5. The number of carbonyl (C=O) groups is 1. The summed E-state index contributed by atoms with van der Waals surface area (Å²) < 4.78 is 0. The number of anilines is 1. The Morgan fingerprint density at radius 3 is 2.76 bits per heavy atom. The van der Waals surface area contributed by atoms with Gasteiger partial charge < -0.3 is 11.1 Å². The average molecular weight is 299 g/mol. The van der Waals surface area contributed by atoms with Crippen molar-refractivity contribution in [3.63, 3.8) is 0 Å². The van der Waals surface area contributed by atoms with Crippen LogP contribution in [0.15, 0.2) is 42.5 Å². The molecule has 0 radical (unpaired) electrons. The Bertz CT molecular complexity index is 729. The molecule has 0 heterocycles. The molecule has 0 bridgehead atoms. The Morgan fingerprint density at radius 1 is 1.29 bits per heavy atom. The van der Waals surface area contributed by atoms with Gasteiger partial charge in [-0.2, -0.15) is 0 Å². The van der Waals surface area contributed by atoms with Gasteiger partial charge in [-0.3, -0.25) is 4.79 Å². The zero-order chi connectivity index (χ0) is 15.2. The normalized spacial score (nSPS) is 9.67. The second-order valence-corrected chi connectivity index (χ2v) is 4.88. The molecule has 106 valence electrons. The molecule has 3 nitrogen and oxygen atoms in total. The van der Waals surface area contributed by atoms with E-state index in [1.54, 1.807) is 36.4 Å². The van der Waals surface area contributed by atoms with E-state index >= 15 is 0 Å². The predicted octanol–water partition coefficient (Wildman–Crippen LogP) is 3.21. The Labute approximate surface area is 129 Å². The number of hydrogen-bond donors (Lipinski definition) is 2. The first-order valence-electron chi connectivity index (χ1n) is 6.47. The van der Waals surface area contributed by atoms with Crippen LogP contribution in [0.4, 0.5) is 5.69 Å². The molecule has 0 aliphatic carbocycles. The maximum Gasteiger partial charge on any atom is 0.255 e. The highest BCUT2D eigenvalue weighted by Crippen LogP contribution is 2.18. The molecule has 2 rings (SSSR count). The highest BCUT2D eigenvalue weighted by Gasteiger charge is 2.11. The molecular weight excluding hydrogens is 284 g/mol. The van der Waals surface area contributed by atoms with E-state index in [9.17, 15) is 4.79 Å². The van der Waals surface area contributed by atoms with Crippen molar-refractivity contribution in [2.45, 2.75) is 6.92 Å². The van der Waals surface area contributed by atoms with E-state index < -0.39 is 0 Å². The lowest BCUT2D eigenvalue weighted by atomic mass is 10.0. The fourth-order valence-electron chi connectivity index (χ4n) is 1.93. The fourth-order valence-corrected chi connectivity index (χ4v) is 2.12. The molecule has 0 atom stereocenters. The lowest BCUT2D eigenvalue weighted by Gasteiger charge is -2.09. The van der Waals surface area contributed by atoms with E-state index in [1.165, 1.54) is 0 Å². The summed E-state index contributed by atoms with van der Waals surface area (Å²) in [7, 11) is 0. The maximum absolute atomic E-state index is 12.3. The lowest BCUT2D eigenvalue weighted by Crippen LogP contribution is -2.13. The topological polar surface area (TPSA) is 55.1 Å². The van der Waals surface area contributed by atoms with Gasteiger partial charge in [0.2, 0.25) is 0 Å². The van der Waals surface area contributed by atoms with Crippen molar-refractivity contribution in [1.29, 1.82) is 0 Å². The van der Waals surface area contributed by atoms with Gasteiger partial charge in [-0.05, 0) is 42.8 Å². The zero-order valence-corrected chi connectivity index (χ0v) is 12.4. The number of benzene rings is 2. The third-order valence-electron chi connectivity index (χ3n) is 2.99. The molecule has 2 aromatic carbocycles. The van der Waals surface area contributed by atoms with Gasteiger partial charge in [0.05, 0.1) is 6.54 Å². The van der Waals surface area contributed by atoms with Crippen molar-refractivity contribution in [2.75, 3.05) is 11.9 Å². The van der Waals surface area contributed by atoms with Crippen LogP contribution in [0.2, 0.25) is 5.02 Å². The van der Waals surface area contributed by atoms with Gasteiger partial charge in [0.25, 0.3) is 5.91 Å². The summed E-state index contributed by atoms with van der Waals surface area (Å²) in [5, 5.41) is 3.40. The molecule has 0 spiro atoms. The van der Waals surface area contributed by atoms with Crippen molar-refractivity contribution >= 4 is 23.2 Å². The number of nitrogens with one attached hydrogen (secondary N) is 1. The van der Waals surface area contributed by atoms with Gasteiger partial charge in [-0.15, -0.1) is 0 Å². The Balaban J connectivity index is 2.27. The predicted molar refractivity (Wildman–Crippen MR) is 86.5 cm³/mol. The fraction of sp³-hybridized carbons (Fsp3) is 0.118. The monoisotopic (exact) mass is 298 g/mol. The maximum atomic E-state index is 12.3. The minimum absolute atomic E-state index is 0.189. The molecule has 3 N–H and O–H groups in total. The van der Waals surface area contributed by atoms with Crippen LogP contribution in [0.25, 0.3) is 0 Å². The van der Waals surface area contributed by atoms with Crippen LogP contribution in [-0.4, -0.2) is 12.5 Å². The van der Waals surface area contributed by atoms with Crippen molar-refractivity contribution < 1.29 is 4.79 Å². The number of rotatable bonds is 2. The molecule has 0 aliphatic heterocycles. The molecule has 0 unspecified atom stereocenters. The third-order valence-corrected chi connectivity index (χ3v) is 3.22. The van der Waals surface area contributed by atoms with Crippen LogP contribution in [0.5, 0.6) is 0 Å². The van der Waals surface area contributed by atoms with Gasteiger partial charge in [0.15, 0.2) is 0 Å². The number of nitrogens with two attached hydrogens (primary N) is 1. The largest absolute Gasteiger partial charge is 0.322 e. The summed E-state index contributed by atoms with van der Waals surface area (Å²) in [5.41, 5.74) is 8.25. The summed E-state index contributed by atoms with van der Waals surface area (Å²) in [5.74, 6) is 5.57. The van der Waals surface area contributed by atoms with Crippen molar-refractivity contribution in [2.24, 2.45) is 5.73 Å². The van der Waals surface area contributed by atoms with Gasteiger partial charge in [-0.25, -0.2) is 0 Å². The van der Waals surface area contributed by atoms with Crippen LogP contribution >= 0.6 is 11.6 Å². The van der Waals surface area contributed by atoms with Crippen LogP contribution < -0.4 is 11.1 Å². The van der Waals surface area contributed by atoms with Crippen LogP contribution in [0, 0.1) is 18.8 Å². The first-order chi connectivity index (χ1) is 10.1. The van der Waals surface area contributed by atoms with Crippen LogP contribution in [-0.2, 0) is 0 Å². The molecule has 1 amide bonds. The van der Waals surface area contributed by atoms with E-state index in [0.29, 0.717) is 22.8 Å². The molecule has 4 heteroatoms. The van der Waals surface area contributed by atoms with Gasteiger partial charge in [0, 0.05) is 21.8 Å². The van der Waals surface area contributed by atoms with E-state index in [2.05, 4.69) is 17.2 Å².